The first-order chi connectivity index (χ1) is 12.1. The highest BCUT2D eigenvalue weighted by atomic mass is 16.5. The second-order valence-electron chi connectivity index (χ2n) is 5.46. The second kappa shape index (κ2) is 9.47. The molecule has 1 amide bonds. The van der Waals surface area contributed by atoms with Crippen LogP contribution < -0.4 is 14.9 Å². The number of rotatable bonds is 8. The number of hydrogen-bond acceptors (Lipinski definition) is 4. The van der Waals surface area contributed by atoms with Gasteiger partial charge in [0.2, 0.25) is 0 Å². The summed E-state index contributed by atoms with van der Waals surface area (Å²) in [6.07, 6.45) is 1.88. The lowest BCUT2D eigenvalue weighted by Gasteiger charge is -2.13. The number of carbonyl (C=O) groups excluding carboxylic acids is 1. The van der Waals surface area contributed by atoms with Gasteiger partial charge in [-0.05, 0) is 50.1 Å². The SMILES string of the molecule is CCOc1ccccc1/C=N/NC(=O)C(C)Oc1ccc(CC)cc1. The molecule has 0 heterocycles. The van der Waals surface area contributed by atoms with Gasteiger partial charge in [0.15, 0.2) is 6.10 Å². The minimum Gasteiger partial charge on any atom is -0.493 e. The highest BCUT2D eigenvalue weighted by Crippen LogP contribution is 2.16. The van der Waals surface area contributed by atoms with Gasteiger partial charge in [0, 0.05) is 5.56 Å². The van der Waals surface area contributed by atoms with Crippen LogP contribution >= 0.6 is 0 Å². The van der Waals surface area contributed by atoms with Gasteiger partial charge in [-0.25, -0.2) is 5.43 Å². The first-order valence-corrected chi connectivity index (χ1v) is 8.44. The lowest BCUT2D eigenvalue weighted by Crippen LogP contribution is -2.33. The number of ether oxygens (including phenoxy) is 2. The predicted octanol–water partition coefficient (Wildman–Crippen LogP) is 3.57. The zero-order valence-electron chi connectivity index (χ0n) is 14.9. The van der Waals surface area contributed by atoms with E-state index in [2.05, 4.69) is 17.5 Å². The molecule has 0 saturated heterocycles. The Hall–Kier alpha value is -2.82. The van der Waals surface area contributed by atoms with Crippen molar-refractivity contribution in [2.24, 2.45) is 5.10 Å². The summed E-state index contributed by atoms with van der Waals surface area (Å²) in [7, 11) is 0. The summed E-state index contributed by atoms with van der Waals surface area (Å²) < 4.78 is 11.1. The van der Waals surface area contributed by atoms with Crippen molar-refractivity contribution in [1.82, 2.24) is 5.43 Å². The Labute approximate surface area is 148 Å². The Morgan fingerprint density at radius 1 is 1.16 bits per heavy atom. The number of hydrazone groups is 1. The van der Waals surface area contributed by atoms with E-state index >= 15 is 0 Å². The van der Waals surface area contributed by atoms with E-state index in [0.29, 0.717) is 12.4 Å². The van der Waals surface area contributed by atoms with Crippen molar-refractivity contribution in [1.29, 1.82) is 0 Å². The average Bonchev–Trinajstić information content (AvgIpc) is 2.64. The van der Waals surface area contributed by atoms with Gasteiger partial charge in [0.25, 0.3) is 5.91 Å². The fourth-order valence-electron chi connectivity index (χ4n) is 2.19. The molecule has 25 heavy (non-hydrogen) atoms. The predicted molar refractivity (Wildman–Crippen MR) is 99.3 cm³/mol. The largest absolute Gasteiger partial charge is 0.493 e. The molecule has 1 unspecified atom stereocenters. The van der Waals surface area contributed by atoms with Crippen LogP contribution in [0.2, 0.25) is 0 Å². The fraction of sp³-hybridized carbons (Fsp3) is 0.300. The van der Waals surface area contributed by atoms with Gasteiger partial charge in [-0.1, -0.05) is 31.2 Å². The molecule has 0 aliphatic rings. The zero-order chi connectivity index (χ0) is 18.1. The Morgan fingerprint density at radius 2 is 1.88 bits per heavy atom. The molecule has 0 radical (unpaired) electrons. The van der Waals surface area contributed by atoms with Crippen molar-refractivity contribution in [3.63, 3.8) is 0 Å². The molecule has 1 atom stereocenters. The van der Waals surface area contributed by atoms with Crippen LogP contribution in [0.15, 0.2) is 53.6 Å². The lowest BCUT2D eigenvalue weighted by atomic mass is 10.2. The molecule has 0 aliphatic heterocycles. The standard InChI is InChI=1S/C20H24N2O3/c1-4-16-10-12-18(13-11-16)25-15(3)20(23)22-21-14-17-8-6-7-9-19(17)24-5-2/h6-15H,4-5H2,1-3H3,(H,22,23)/b21-14+. The molecule has 2 aromatic carbocycles. The lowest BCUT2D eigenvalue weighted by molar-refractivity contribution is -0.127. The molecule has 5 nitrogen and oxygen atoms in total. The van der Waals surface area contributed by atoms with Crippen LogP contribution in [0.4, 0.5) is 0 Å². The van der Waals surface area contributed by atoms with E-state index < -0.39 is 6.10 Å². The monoisotopic (exact) mass is 340 g/mol. The number of hydrogen-bond donors (Lipinski definition) is 1. The molecule has 0 saturated carbocycles. The molecular formula is C20H24N2O3. The first-order valence-electron chi connectivity index (χ1n) is 8.44. The Kier molecular flexibility index (Phi) is 7.01. The van der Waals surface area contributed by atoms with Gasteiger partial charge in [-0.2, -0.15) is 5.10 Å². The maximum atomic E-state index is 12.1. The van der Waals surface area contributed by atoms with E-state index in [9.17, 15) is 4.79 Å². The maximum Gasteiger partial charge on any atom is 0.280 e. The number of amides is 1. The molecule has 2 aromatic rings. The van der Waals surface area contributed by atoms with Gasteiger partial charge >= 0.3 is 0 Å². The van der Waals surface area contributed by atoms with Gasteiger partial charge in [-0.3, -0.25) is 4.79 Å². The molecule has 0 spiro atoms. The Bertz CT molecular complexity index is 711. The van der Waals surface area contributed by atoms with E-state index in [1.54, 1.807) is 13.1 Å². The highest BCUT2D eigenvalue weighted by Gasteiger charge is 2.13. The van der Waals surface area contributed by atoms with Crippen molar-refractivity contribution < 1.29 is 14.3 Å². The molecule has 0 aromatic heterocycles. The third kappa shape index (κ3) is 5.64. The van der Waals surface area contributed by atoms with E-state index in [4.69, 9.17) is 9.47 Å². The quantitative estimate of drug-likeness (QED) is 0.590. The minimum atomic E-state index is -0.647. The molecule has 2 rings (SSSR count). The number of aryl methyl sites for hydroxylation is 1. The van der Waals surface area contributed by atoms with Crippen molar-refractivity contribution >= 4 is 12.1 Å². The van der Waals surface area contributed by atoms with Crippen molar-refractivity contribution in [2.75, 3.05) is 6.61 Å². The zero-order valence-corrected chi connectivity index (χ0v) is 14.9. The number of nitrogens with one attached hydrogen (secondary N) is 1. The molecule has 1 N–H and O–H groups in total. The summed E-state index contributed by atoms with van der Waals surface area (Å²) in [5.41, 5.74) is 4.52. The van der Waals surface area contributed by atoms with Crippen LogP contribution in [0.3, 0.4) is 0 Å². The minimum absolute atomic E-state index is 0.315. The van der Waals surface area contributed by atoms with Crippen LogP contribution in [0.25, 0.3) is 0 Å². The maximum absolute atomic E-state index is 12.1. The second-order valence-corrected chi connectivity index (χ2v) is 5.46. The van der Waals surface area contributed by atoms with Crippen LogP contribution in [0, 0.1) is 0 Å². The van der Waals surface area contributed by atoms with Crippen molar-refractivity contribution in [3.8, 4) is 11.5 Å². The van der Waals surface area contributed by atoms with E-state index in [0.717, 1.165) is 17.7 Å². The van der Waals surface area contributed by atoms with E-state index in [1.165, 1.54) is 5.56 Å². The van der Waals surface area contributed by atoms with E-state index in [1.807, 2.05) is 55.5 Å². The van der Waals surface area contributed by atoms with Crippen LogP contribution in [-0.4, -0.2) is 24.8 Å². The van der Waals surface area contributed by atoms with Crippen molar-refractivity contribution in [3.05, 3.63) is 59.7 Å². The summed E-state index contributed by atoms with van der Waals surface area (Å²) in [6.45, 7) is 6.26. The summed E-state index contributed by atoms with van der Waals surface area (Å²) in [5.74, 6) is 1.07. The van der Waals surface area contributed by atoms with Crippen LogP contribution in [0.5, 0.6) is 11.5 Å². The summed E-state index contributed by atoms with van der Waals surface area (Å²) in [5, 5.41) is 3.99. The number of carbonyl (C=O) groups is 1. The molecule has 5 heteroatoms. The molecular weight excluding hydrogens is 316 g/mol. The molecule has 0 aliphatic carbocycles. The number of nitrogens with zero attached hydrogens (tertiary/aromatic N) is 1. The smallest absolute Gasteiger partial charge is 0.280 e. The van der Waals surface area contributed by atoms with Crippen molar-refractivity contribution in [2.45, 2.75) is 33.3 Å². The summed E-state index contributed by atoms with van der Waals surface area (Å²) in [4.78, 5) is 12.1. The third-order valence-electron chi connectivity index (χ3n) is 3.61. The molecule has 0 bridgehead atoms. The van der Waals surface area contributed by atoms with E-state index in [-0.39, 0.29) is 5.91 Å². The molecule has 132 valence electrons. The van der Waals surface area contributed by atoms with Gasteiger partial charge < -0.3 is 9.47 Å². The van der Waals surface area contributed by atoms with Gasteiger partial charge in [0.05, 0.1) is 12.8 Å². The van der Waals surface area contributed by atoms with Gasteiger partial charge in [0.1, 0.15) is 11.5 Å². The summed E-state index contributed by atoms with van der Waals surface area (Å²) in [6, 6.07) is 15.2. The highest BCUT2D eigenvalue weighted by molar-refractivity contribution is 5.86. The van der Waals surface area contributed by atoms with Crippen LogP contribution in [-0.2, 0) is 11.2 Å². The normalized spacial score (nSPS) is 12.0. The number of benzene rings is 2. The average molecular weight is 340 g/mol. The first kappa shape index (κ1) is 18.5. The summed E-state index contributed by atoms with van der Waals surface area (Å²) >= 11 is 0. The Balaban J connectivity index is 1.90. The Morgan fingerprint density at radius 3 is 2.56 bits per heavy atom. The number of para-hydroxylation sites is 1. The third-order valence-corrected chi connectivity index (χ3v) is 3.61. The fourth-order valence-corrected chi connectivity index (χ4v) is 2.19. The topological polar surface area (TPSA) is 59.9 Å². The van der Waals surface area contributed by atoms with Gasteiger partial charge in [-0.15, -0.1) is 0 Å². The van der Waals surface area contributed by atoms with Crippen LogP contribution in [0.1, 0.15) is 31.9 Å². The molecule has 0 fully saturated rings.